The molecule has 3 aromatic rings. The molecule has 3 N–H and O–H groups in total. The number of aromatic nitrogens is 3. The van der Waals surface area contributed by atoms with E-state index in [0.717, 1.165) is 0 Å². The molecule has 0 radical (unpaired) electrons. The standard InChI is InChI=1S/C18H13N5O2/c19-11-20-18-22-16(10-9-12-5-1-3-7-14(12)24)21-17(23-18)13-6-2-4-8-15(13)25/h1-10,24-25H,(H,20,21,22,23)/b10-9+. The van der Waals surface area contributed by atoms with Gasteiger partial charge in [0.15, 0.2) is 17.8 Å². The van der Waals surface area contributed by atoms with Gasteiger partial charge in [0.25, 0.3) is 0 Å². The Morgan fingerprint density at radius 1 is 0.880 bits per heavy atom. The van der Waals surface area contributed by atoms with Gasteiger partial charge < -0.3 is 10.2 Å². The van der Waals surface area contributed by atoms with Crippen molar-refractivity contribution in [2.75, 3.05) is 5.32 Å². The molecule has 1 heterocycles. The van der Waals surface area contributed by atoms with Crippen molar-refractivity contribution in [3.63, 3.8) is 0 Å². The lowest BCUT2D eigenvalue weighted by atomic mass is 10.2. The van der Waals surface area contributed by atoms with Gasteiger partial charge in [-0.25, -0.2) is 4.98 Å². The van der Waals surface area contributed by atoms with E-state index in [-0.39, 0.29) is 29.1 Å². The lowest BCUT2D eigenvalue weighted by Gasteiger charge is -2.05. The summed E-state index contributed by atoms with van der Waals surface area (Å²) in [4.78, 5) is 12.5. The van der Waals surface area contributed by atoms with Crippen molar-refractivity contribution in [2.24, 2.45) is 0 Å². The first kappa shape index (κ1) is 16.0. The molecule has 1 aromatic heterocycles. The van der Waals surface area contributed by atoms with Gasteiger partial charge in [-0.2, -0.15) is 15.2 Å². The molecule has 0 fully saturated rings. The molecule has 0 bridgehead atoms. The Bertz CT molecular complexity index is 979. The van der Waals surface area contributed by atoms with Crippen molar-refractivity contribution in [2.45, 2.75) is 0 Å². The highest BCUT2D eigenvalue weighted by Gasteiger charge is 2.10. The first-order valence-corrected chi connectivity index (χ1v) is 7.33. The number of para-hydroxylation sites is 2. The molecule has 25 heavy (non-hydrogen) atoms. The van der Waals surface area contributed by atoms with Gasteiger partial charge in [0.1, 0.15) is 11.5 Å². The van der Waals surface area contributed by atoms with Crippen molar-refractivity contribution in [3.8, 4) is 29.1 Å². The number of hydrogen-bond acceptors (Lipinski definition) is 7. The third kappa shape index (κ3) is 3.71. The molecule has 0 amide bonds. The summed E-state index contributed by atoms with van der Waals surface area (Å²) in [6.07, 6.45) is 4.99. The highest BCUT2D eigenvalue weighted by Crippen LogP contribution is 2.26. The summed E-state index contributed by atoms with van der Waals surface area (Å²) in [5.41, 5.74) is 1.02. The van der Waals surface area contributed by atoms with Crippen LogP contribution in [0.3, 0.4) is 0 Å². The number of nitrogens with zero attached hydrogens (tertiary/aromatic N) is 4. The Labute approximate surface area is 143 Å². The van der Waals surface area contributed by atoms with Crippen molar-refractivity contribution < 1.29 is 10.2 Å². The number of nitriles is 1. The molecular weight excluding hydrogens is 318 g/mol. The zero-order valence-electron chi connectivity index (χ0n) is 13.0. The van der Waals surface area contributed by atoms with Gasteiger partial charge in [-0.05, 0) is 30.4 Å². The zero-order valence-corrected chi connectivity index (χ0v) is 13.0. The molecule has 0 aliphatic heterocycles. The monoisotopic (exact) mass is 331 g/mol. The summed E-state index contributed by atoms with van der Waals surface area (Å²) >= 11 is 0. The SMILES string of the molecule is N#CNc1nc(/C=C/c2ccccc2O)nc(-c2ccccc2O)n1. The maximum atomic E-state index is 9.98. The second-order valence-corrected chi connectivity index (χ2v) is 4.99. The summed E-state index contributed by atoms with van der Waals surface area (Å²) in [6, 6.07) is 13.4. The largest absolute Gasteiger partial charge is 0.507 e. The number of benzene rings is 2. The molecule has 7 heteroatoms. The summed E-state index contributed by atoms with van der Waals surface area (Å²) in [7, 11) is 0. The first-order chi connectivity index (χ1) is 12.2. The zero-order chi connectivity index (χ0) is 17.6. The first-order valence-electron chi connectivity index (χ1n) is 7.33. The van der Waals surface area contributed by atoms with E-state index in [9.17, 15) is 10.2 Å². The van der Waals surface area contributed by atoms with E-state index in [4.69, 9.17) is 5.26 Å². The van der Waals surface area contributed by atoms with E-state index in [0.29, 0.717) is 11.1 Å². The van der Waals surface area contributed by atoms with E-state index in [1.165, 1.54) is 6.07 Å². The molecule has 3 rings (SSSR count). The van der Waals surface area contributed by atoms with Crippen LogP contribution in [0.1, 0.15) is 11.4 Å². The number of hydrogen-bond donors (Lipinski definition) is 3. The molecule has 0 unspecified atom stereocenters. The number of rotatable bonds is 4. The molecule has 122 valence electrons. The third-order valence-corrected chi connectivity index (χ3v) is 3.31. The topological polar surface area (TPSA) is 115 Å². The van der Waals surface area contributed by atoms with E-state index >= 15 is 0 Å². The van der Waals surface area contributed by atoms with Crippen molar-refractivity contribution in [1.29, 1.82) is 5.26 Å². The number of nitrogens with one attached hydrogen (secondary N) is 1. The van der Waals surface area contributed by atoms with Crippen molar-refractivity contribution >= 4 is 18.1 Å². The lowest BCUT2D eigenvalue weighted by Crippen LogP contribution is -2.02. The Hall–Kier alpha value is -3.92. The van der Waals surface area contributed by atoms with Crippen LogP contribution in [-0.4, -0.2) is 25.2 Å². The van der Waals surface area contributed by atoms with Crippen LogP contribution in [0, 0.1) is 11.5 Å². The molecule has 0 atom stereocenters. The quantitative estimate of drug-likeness (QED) is 0.497. The summed E-state index contributed by atoms with van der Waals surface area (Å²) in [5, 5.41) is 31.0. The number of aromatic hydroxyl groups is 2. The highest BCUT2D eigenvalue weighted by atomic mass is 16.3. The van der Waals surface area contributed by atoms with Crippen molar-refractivity contribution in [1.82, 2.24) is 15.0 Å². The van der Waals surface area contributed by atoms with E-state index in [1.54, 1.807) is 60.8 Å². The molecule has 0 saturated heterocycles. The number of phenols is 2. The maximum Gasteiger partial charge on any atom is 0.240 e. The van der Waals surface area contributed by atoms with Gasteiger partial charge >= 0.3 is 0 Å². The average Bonchev–Trinajstić information content (AvgIpc) is 2.61. The highest BCUT2D eigenvalue weighted by molar-refractivity contribution is 5.71. The van der Waals surface area contributed by atoms with Crippen LogP contribution in [0.15, 0.2) is 48.5 Å². The third-order valence-electron chi connectivity index (χ3n) is 3.31. The van der Waals surface area contributed by atoms with E-state index < -0.39 is 0 Å². The van der Waals surface area contributed by atoms with Crippen LogP contribution >= 0.6 is 0 Å². The average molecular weight is 331 g/mol. The fourth-order valence-corrected chi connectivity index (χ4v) is 2.15. The Balaban J connectivity index is 2.04. The van der Waals surface area contributed by atoms with Crippen LogP contribution in [0.4, 0.5) is 5.95 Å². The minimum atomic E-state index is 0.0206. The second-order valence-electron chi connectivity index (χ2n) is 4.99. The molecule has 7 nitrogen and oxygen atoms in total. The maximum absolute atomic E-state index is 9.98. The van der Waals surface area contributed by atoms with Crippen LogP contribution in [-0.2, 0) is 0 Å². The van der Waals surface area contributed by atoms with Crippen molar-refractivity contribution in [3.05, 3.63) is 59.9 Å². The number of anilines is 1. The second kappa shape index (κ2) is 7.10. The molecule has 0 aliphatic carbocycles. The Morgan fingerprint density at radius 3 is 2.32 bits per heavy atom. The fraction of sp³-hybridized carbons (Fsp3) is 0. The van der Waals surface area contributed by atoms with Crippen LogP contribution in [0.2, 0.25) is 0 Å². The van der Waals surface area contributed by atoms with Gasteiger partial charge in [0.05, 0.1) is 5.56 Å². The summed E-state index contributed by atoms with van der Waals surface area (Å²) in [5.74, 6) is 0.709. The molecule has 2 aromatic carbocycles. The molecule has 0 aliphatic rings. The van der Waals surface area contributed by atoms with E-state index in [1.807, 2.05) is 0 Å². The summed E-state index contributed by atoms with van der Waals surface area (Å²) < 4.78 is 0. The Morgan fingerprint density at radius 2 is 1.60 bits per heavy atom. The predicted octanol–water partition coefficient (Wildman–Crippen LogP) is 3.01. The smallest absolute Gasteiger partial charge is 0.240 e. The van der Waals surface area contributed by atoms with Gasteiger partial charge in [-0.1, -0.05) is 30.3 Å². The van der Waals surface area contributed by atoms with Gasteiger partial charge in [-0.3, -0.25) is 5.32 Å². The fourth-order valence-electron chi connectivity index (χ4n) is 2.15. The van der Waals surface area contributed by atoms with Gasteiger partial charge in [-0.15, -0.1) is 0 Å². The summed E-state index contributed by atoms with van der Waals surface area (Å²) in [6.45, 7) is 0. The predicted molar refractivity (Wildman–Crippen MR) is 93.2 cm³/mol. The normalized spacial score (nSPS) is 10.5. The number of phenolic OH excluding ortho intramolecular Hbond substituents is 2. The molecular formula is C18H13N5O2. The van der Waals surface area contributed by atoms with Crippen LogP contribution in [0.5, 0.6) is 11.5 Å². The van der Waals surface area contributed by atoms with Gasteiger partial charge in [0, 0.05) is 5.56 Å². The lowest BCUT2D eigenvalue weighted by molar-refractivity contribution is 0.474. The molecule has 0 saturated carbocycles. The Kier molecular flexibility index (Phi) is 4.53. The molecule has 0 spiro atoms. The van der Waals surface area contributed by atoms with Crippen LogP contribution < -0.4 is 5.32 Å². The minimum absolute atomic E-state index is 0.0206. The van der Waals surface area contributed by atoms with Gasteiger partial charge in [0.2, 0.25) is 5.95 Å². The van der Waals surface area contributed by atoms with E-state index in [2.05, 4.69) is 20.3 Å². The minimum Gasteiger partial charge on any atom is -0.507 e. The van der Waals surface area contributed by atoms with Crippen LogP contribution in [0.25, 0.3) is 23.5 Å².